The molecule has 1 heterocycles. The SMILES string of the molecule is Clc1cc(Cl)c(NC2CCCc3sc(Cl)cc32)c(Cl)c1. The van der Waals surface area contributed by atoms with E-state index >= 15 is 0 Å². The van der Waals surface area contributed by atoms with E-state index in [4.69, 9.17) is 46.4 Å². The monoisotopic (exact) mass is 365 g/mol. The fraction of sp³-hybridized carbons (Fsp3) is 0.286. The molecule has 20 heavy (non-hydrogen) atoms. The molecule has 0 saturated carbocycles. The van der Waals surface area contributed by atoms with Gasteiger partial charge in [-0.3, -0.25) is 0 Å². The van der Waals surface area contributed by atoms with Crippen molar-refractivity contribution in [2.75, 3.05) is 5.32 Å². The number of fused-ring (bicyclic) bond motifs is 1. The molecule has 0 fully saturated rings. The maximum Gasteiger partial charge on any atom is 0.0934 e. The van der Waals surface area contributed by atoms with Gasteiger partial charge in [0.2, 0.25) is 0 Å². The van der Waals surface area contributed by atoms with Crippen LogP contribution in [0.1, 0.15) is 29.3 Å². The number of thiophene rings is 1. The molecule has 1 aliphatic rings. The molecule has 0 radical (unpaired) electrons. The zero-order valence-electron chi connectivity index (χ0n) is 10.4. The van der Waals surface area contributed by atoms with E-state index in [0.29, 0.717) is 15.1 Å². The van der Waals surface area contributed by atoms with Gasteiger partial charge in [0.15, 0.2) is 0 Å². The third-order valence-corrected chi connectivity index (χ3v) is 5.56. The van der Waals surface area contributed by atoms with Gasteiger partial charge in [0.05, 0.1) is 26.1 Å². The van der Waals surface area contributed by atoms with Crippen LogP contribution in [-0.4, -0.2) is 0 Å². The van der Waals surface area contributed by atoms with Crippen molar-refractivity contribution in [2.24, 2.45) is 0 Å². The molecule has 1 N–H and O–H groups in total. The van der Waals surface area contributed by atoms with Gasteiger partial charge in [0.25, 0.3) is 0 Å². The summed E-state index contributed by atoms with van der Waals surface area (Å²) in [7, 11) is 0. The molecule has 106 valence electrons. The zero-order chi connectivity index (χ0) is 14.3. The fourth-order valence-electron chi connectivity index (χ4n) is 2.53. The molecule has 0 amide bonds. The Morgan fingerprint density at radius 3 is 2.45 bits per heavy atom. The second-order valence-electron chi connectivity index (χ2n) is 4.76. The first-order chi connectivity index (χ1) is 9.54. The maximum atomic E-state index is 6.23. The molecule has 1 atom stereocenters. The average Bonchev–Trinajstić information content (AvgIpc) is 2.74. The Labute approximate surface area is 141 Å². The largest absolute Gasteiger partial charge is 0.376 e. The summed E-state index contributed by atoms with van der Waals surface area (Å²) in [6, 6.07) is 5.62. The normalized spacial score (nSPS) is 17.9. The van der Waals surface area contributed by atoms with Gasteiger partial charge in [-0.15, -0.1) is 11.3 Å². The van der Waals surface area contributed by atoms with Gasteiger partial charge < -0.3 is 5.32 Å². The predicted octanol–water partition coefficient (Wildman–Crippen LogP) is 6.85. The average molecular weight is 367 g/mol. The highest BCUT2D eigenvalue weighted by Crippen LogP contribution is 2.42. The van der Waals surface area contributed by atoms with Crippen molar-refractivity contribution in [1.82, 2.24) is 0 Å². The van der Waals surface area contributed by atoms with E-state index in [-0.39, 0.29) is 6.04 Å². The topological polar surface area (TPSA) is 12.0 Å². The van der Waals surface area contributed by atoms with Crippen molar-refractivity contribution in [3.8, 4) is 0 Å². The van der Waals surface area contributed by atoms with Crippen LogP contribution < -0.4 is 5.32 Å². The molecule has 1 aromatic carbocycles. The lowest BCUT2D eigenvalue weighted by Crippen LogP contribution is -2.16. The zero-order valence-corrected chi connectivity index (χ0v) is 14.2. The molecule has 2 aromatic rings. The number of hydrogen-bond acceptors (Lipinski definition) is 2. The van der Waals surface area contributed by atoms with Crippen LogP contribution in [-0.2, 0) is 6.42 Å². The fourth-order valence-corrected chi connectivity index (χ4v) is 4.84. The number of benzene rings is 1. The second-order valence-corrected chi connectivity index (χ2v) is 7.78. The number of anilines is 1. The van der Waals surface area contributed by atoms with Crippen LogP contribution in [0.25, 0.3) is 0 Å². The molecule has 0 bridgehead atoms. The summed E-state index contributed by atoms with van der Waals surface area (Å²) in [4.78, 5) is 1.35. The summed E-state index contributed by atoms with van der Waals surface area (Å²) in [5.74, 6) is 0. The molecular formula is C14H11Cl4NS. The molecule has 1 aromatic heterocycles. The molecule has 1 unspecified atom stereocenters. The Kier molecular flexibility index (Phi) is 4.40. The molecule has 0 aliphatic heterocycles. The van der Waals surface area contributed by atoms with Crippen molar-refractivity contribution < 1.29 is 0 Å². The van der Waals surface area contributed by atoms with Crippen LogP contribution in [0.3, 0.4) is 0 Å². The lowest BCUT2D eigenvalue weighted by Gasteiger charge is -2.25. The number of halogens is 4. The third-order valence-electron chi connectivity index (χ3n) is 3.41. The van der Waals surface area contributed by atoms with Gasteiger partial charge in [-0.05, 0) is 43.0 Å². The van der Waals surface area contributed by atoms with E-state index in [9.17, 15) is 0 Å². The van der Waals surface area contributed by atoms with Gasteiger partial charge in [0, 0.05) is 9.90 Å². The van der Waals surface area contributed by atoms with Crippen LogP contribution in [0.15, 0.2) is 18.2 Å². The Morgan fingerprint density at radius 1 is 1.05 bits per heavy atom. The lowest BCUT2D eigenvalue weighted by atomic mass is 9.94. The summed E-state index contributed by atoms with van der Waals surface area (Å²) in [6.07, 6.45) is 3.26. The van der Waals surface area contributed by atoms with E-state index < -0.39 is 0 Å². The summed E-state index contributed by atoms with van der Waals surface area (Å²) >= 11 is 26.2. The van der Waals surface area contributed by atoms with E-state index in [2.05, 4.69) is 5.32 Å². The lowest BCUT2D eigenvalue weighted by molar-refractivity contribution is 0.609. The summed E-state index contributed by atoms with van der Waals surface area (Å²) < 4.78 is 0.831. The minimum atomic E-state index is 0.193. The first kappa shape index (κ1) is 14.8. The van der Waals surface area contributed by atoms with Crippen LogP contribution >= 0.6 is 57.7 Å². The Hall–Kier alpha value is -0.120. The highest BCUT2D eigenvalue weighted by molar-refractivity contribution is 7.16. The van der Waals surface area contributed by atoms with E-state index in [1.807, 2.05) is 6.07 Å². The molecule has 1 nitrogen and oxygen atoms in total. The van der Waals surface area contributed by atoms with Gasteiger partial charge in [-0.2, -0.15) is 0 Å². The number of rotatable bonds is 2. The predicted molar refractivity (Wildman–Crippen MR) is 90.1 cm³/mol. The standard InChI is InChI=1S/C14H11Cl4NS/c15-7-4-9(16)14(10(17)5-7)19-11-2-1-3-12-8(11)6-13(18)20-12/h4-6,11,19H,1-3H2. The van der Waals surface area contributed by atoms with Crippen LogP contribution in [0.4, 0.5) is 5.69 Å². The minimum absolute atomic E-state index is 0.193. The van der Waals surface area contributed by atoms with Crippen molar-refractivity contribution in [2.45, 2.75) is 25.3 Å². The highest BCUT2D eigenvalue weighted by atomic mass is 35.5. The maximum absolute atomic E-state index is 6.23. The van der Waals surface area contributed by atoms with Gasteiger partial charge in [-0.1, -0.05) is 46.4 Å². The smallest absolute Gasteiger partial charge is 0.0934 e. The Morgan fingerprint density at radius 2 is 1.75 bits per heavy atom. The Bertz CT molecular complexity index is 630. The third kappa shape index (κ3) is 2.90. The second kappa shape index (κ2) is 5.94. The van der Waals surface area contributed by atoms with Crippen LogP contribution in [0.5, 0.6) is 0 Å². The number of aryl methyl sites for hydroxylation is 1. The summed E-state index contributed by atoms with van der Waals surface area (Å²) in [5.41, 5.74) is 1.99. The van der Waals surface area contributed by atoms with E-state index in [0.717, 1.165) is 29.3 Å². The summed E-state index contributed by atoms with van der Waals surface area (Å²) in [5, 5.41) is 5.05. The molecule has 6 heteroatoms. The quantitative estimate of drug-likeness (QED) is 0.612. The molecule has 3 rings (SSSR count). The molecule has 1 aliphatic carbocycles. The van der Waals surface area contributed by atoms with Gasteiger partial charge >= 0.3 is 0 Å². The van der Waals surface area contributed by atoms with Crippen molar-refractivity contribution in [1.29, 1.82) is 0 Å². The van der Waals surface area contributed by atoms with Gasteiger partial charge in [-0.25, -0.2) is 0 Å². The summed E-state index contributed by atoms with van der Waals surface area (Å²) in [6.45, 7) is 0. The molecule has 0 spiro atoms. The van der Waals surface area contributed by atoms with Crippen molar-refractivity contribution >= 4 is 63.4 Å². The minimum Gasteiger partial charge on any atom is -0.376 e. The number of nitrogens with one attached hydrogen (secondary N) is 1. The van der Waals surface area contributed by atoms with E-state index in [1.165, 1.54) is 10.4 Å². The number of hydrogen-bond donors (Lipinski definition) is 1. The van der Waals surface area contributed by atoms with Crippen LogP contribution in [0, 0.1) is 0 Å². The Balaban J connectivity index is 1.93. The van der Waals surface area contributed by atoms with Crippen LogP contribution in [0.2, 0.25) is 19.4 Å². The van der Waals surface area contributed by atoms with Gasteiger partial charge in [0.1, 0.15) is 0 Å². The van der Waals surface area contributed by atoms with Crippen molar-refractivity contribution in [3.05, 3.63) is 48.0 Å². The van der Waals surface area contributed by atoms with Crippen molar-refractivity contribution in [3.63, 3.8) is 0 Å². The van der Waals surface area contributed by atoms with E-state index in [1.54, 1.807) is 23.5 Å². The molecule has 0 saturated heterocycles. The highest BCUT2D eigenvalue weighted by Gasteiger charge is 2.24. The first-order valence-corrected chi connectivity index (χ1v) is 8.56. The molecular weight excluding hydrogens is 356 g/mol. The first-order valence-electron chi connectivity index (χ1n) is 6.24.